The van der Waals surface area contributed by atoms with Gasteiger partial charge in [-0.3, -0.25) is 9.69 Å². The lowest BCUT2D eigenvalue weighted by Gasteiger charge is -2.35. The van der Waals surface area contributed by atoms with Crippen LogP contribution < -0.4 is 4.74 Å². The highest BCUT2D eigenvalue weighted by atomic mass is 16.5. The van der Waals surface area contributed by atoms with Crippen molar-refractivity contribution in [1.82, 2.24) is 14.7 Å². The lowest BCUT2D eigenvalue weighted by Crippen LogP contribution is -2.49. The number of likely N-dealkylation sites (tertiary alicyclic amines) is 1. The maximum Gasteiger partial charge on any atom is 0.254 e. The number of hydrogen-bond donors (Lipinski definition) is 0. The molecule has 5 nitrogen and oxygen atoms in total. The van der Waals surface area contributed by atoms with Crippen molar-refractivity contribution in [1.29, 1.82) is 0 Å². The lowest BCUT2D eigenvalue weighted by atomic mass is 10.0. The molecular formula is C30H37N3O2. The molecular weight excluding hydrogens is 434 g/mol. The van der Waals surface area contributed by atoms with Crippen LogP contribution in [0.25, 0.3) is 10.8 Å². The van der Waals surface area contributed by atoms with E-state index in [0.717, 1.165) is 80.8 Å². The predicted molar refractivity (Wildman–Crippen MR) is 142 cm³/mol. The van der Waals surface area contributed by atoms with E-state index in [9.17, 15) is 4.79 Å². The molecule has 3 aromatic carbocycles. The van der Waals surface area contributed by atoms with Crippen molar-refractivity contribution in [2.45, 2.75) is 25.7 Å². The average molecular weight is 472 g/mol. The summed E-state index contributed by atoms with van der Waals surface area (Å²) in [7, 11) is 0. The monoisotopic (exact) mass is 471 g/mol. The molecule has 0 aromatic heterocycles. The molecule has 2 aliphatic rings. The van der Waals surface area contributed by atoms with Gasteiger partial charge in [0.15, 0.2) is 0 Å². The van der Waals surface area contributed by atoms with E-state index in [1.165, 1.54) is 31.5 Å². The Kier molecular flexibility index (Phi) is 7.96. The number of carbonyl (C=O) groups excluding carboxylic acids is 1. The maximum absolute atomic E-state index is 13.2. The number of rotatable bonds is 9. The molecule has 0 radical (unpaired) electrons. The van der Waals surface area contributed by atoms with E-state index in [1.807, 2.05) is 35.2 Å². The van der Waals surface area contributed by atoms with Crippen LogP contribution in [0, 0.1) is 0 Å². The molecule has 184 valence electrons. The van der Waals surface area contributed by atoms with Gasteiger partial charge < -0.3 is 14.5 Å². The molecule has 0 aliphatic carbocycles. The van der Waals surface area contributed by atoms with Crippen LogP contribution in [0.4, 0.5) is 0 Å². The van der Waals surface area contributed by atoms with Gasteiger partial charge in [-0.05, 0) is 73.3 Å². The predicted octanol–water partition coefficient (Wildman–Crippen LogP) is 4.71. The Morgan fingerprint density at radius 2 is 1.46 bits per heavy atom. The van der Waals surface area contributed by atoms with Crippen molar-refractivity contribution in [3.8, 4) is 5.75 Å². The van der Waals surface area contributed by atoms with Crippen LogP contribution >= 0.6 is 0 Å². The second-order valence-electron chi connectivity index (χ2n) is 9.81. The summed E-state index contributed by atoms with van der Waals surface area (Å²) in [5, 5.41) is 2.16. The van der Waals surface area contributed by atoms with Crippen molar-refractivity contribution in [2.75, 3.05) is 59.0 Å². The van der Waals surface area contributed by atoms with E-state index in [1.54, 1.807) is 0 Å². The zero-order valence-electron chi connectivity index (χ0n) is 20.7. The first-order valence-electron chi connectivity index (χ1n) is 13.2. The molecule has 0 atom stereocenters. The van der Waals surface area contributed by atoms with Gasteiger partial charge >= 0.3 is 0 Å². The SMILES string of the molecule is O=C(c1cccc2ccccc12)N1CCN(CCc2ccc(OCCCN3CCCC3)cc2)CC1. The molecule has 0 bridgehead atoms. The van der Waals surface area contributed by atoms with Gasteiger partial charge in [-0.15, -0.1) is 0 Å². The summed E-state index contributed by atoms with van der Waals surface area (Å²) in [6, 6.07) is 22.7. The first kappa shape index (κ1) is 23.8. The topological polar surface area (TPSA) is 36.0 Å². The van der Waals surface area contributed by atoms with Crippen LogP contribution in [0.15, 0.2) is 66.7 Å². The van der Waals surface area contributed by atoms with Crippen molar-refractivity contribution < 1.29 is 9.53 Å². The number of hydrogen-bond acceptors (Lipinski definition) is 4. The number of amides is 1. The fourth-order valence-corrected chi connectivity index (χ4v) is 5.28. The third-order valence-electron chi connectivity index (χ3n) is 7.41. The van der Waals surface area contributed by atoms with Gasteiger partial charge in [0, 0.05) is 44.8 Å². The van der Waals surface area contributed by atoms with Gasteiger partial charge in [-0.2, -0.15) is 0 Å². The third-order valence-corrected chi connectivity index (χ3v) is 7.41. The second-order valence-corrected chi connectivity index (χ2v) is 9.81. The van der Waals surface area contributed by atoms with Gasteiger partial charge in [0.25, 0.3) is 5.91 Å². The lowest BCUT2D eigenvalue weighted by molar-refractivity contribution is 0.0640. The van der Waals surface area contributed by atoms with Crippen LogP contribution in [0.5, 0.6) is 5.75 Å². The molecule has 5 heteroatoms. The number of carbonyl (C=O) groups is 1. The van der Waals surface area contributed by atoms with Gasteiger partial charge in [0.2, 0.25) is 0 Å². The van der Waals surface area contributed by atoms with Crippen LogP contribution in [0.2, 0.25) is 0 Å². The minimum atomic E-state index is 0.150. The van der Waals surface area contributed by atoms with Gasteiger partial charge in [0.05, 0.1) is 6.61 Å². The van der Waals surface area contributed by atoms with Crippen LogP contribution in [0.1, 0.15) is 35.2 Å². The summed E-state index contributed by atoms with van der Waals surface area (Å²) in [6.07, 6.45) is 4.81. The zero-order valence-corrected chi connectivity index (χ0v) is 20.7. The molecule has 0 saturated carbocycles. The number of piperazine rings is 1. The fourth-order valence-electron chi connectivity index (χ4n) is 5.28. The summed E-state index contributed by atoms with van der Waals surface area (Å²) in [4.78, 5) is 20.2. The Morgan fingerprint density at radius 3 is 2.26 bits per heavy atom. The van der Waals surface area contributed by atoms with Crippen molar-refractivity contribution in [3.63, 3.8) is 0 Å². The van der Waals surface area contributed by atoms with Gasteiger partial charge in [-0.25, -0.2) is 0 Å². The Balaban J connectivity index is 1.04. The molecule has 2 saturated heterocycles. The normalized spacial score (nSPS) is 17.2. The summed E-state index contributed by atoms with van der Waals surface area (Å²) in [5.41, 5.74) is 2.15. The van der Waals surface area contributed by atoms with Crippen molar-refractivity contribution in [2.24, 2.45) is 0 Å². The standard InChI is InChI=1S/C30H37N3O2/c34-30(29-10-5-8-26-7-1-2-9-28(26)29)33-22-20-32(21-23-33)19-15-25-11-13-27(14-12-25)35-24-6-18-31-16-3-4-17-31/h1-2,5,7-14H,3-4,6,15-24H2. The molecule has 5 rings (SSSR count). The Morgan fingerprint density at radius 1 is 0.743 bits per heavy atom. The number of nitrogens with zero attached hydrogens (tertiary/aromatic N) is 3. The highest BCUT2D eigenvalue weighted by Crippen LogP contribution is 2.21. The second kappa shape index (κ2) is 11.7. The van der Waals surface area contributed by atoms with E-state index in [0.29, 0.717) is 0 Å². The summed E-state index contributed by atoms with van der Waals surface area (Å²) >= 11 is 0. The Labute approximate surface area is 209 Å². The number of ether oxygens (including phenoxy) is 1. The molecule has 0 unspecified atom stereocenters. The minimum absolute atomic E-state index is 0.150. The number of fused-ring (bicyclic) bond motifs is 1. The minimum Gasteiger partial charge on any atom is -0.494 e. The quantitative estimate of drug-likeness (QED) is 0.424. The van der Waals surface area contributed by atoms with Gasteiger partial charge in [0.1, 0.15) is 5.75 Å². The molecule has 3 aromatic rings. The molecule has 2 fully saturated rings. The fraction of sp³-hybridized carbons (Fsp3) is 0.433. The maximum atomic E-state index is 13.2. The smallest absolute Gasteiger partial charge is 0.254 e. The van der Waals surface area contributed by atoms with E-state index in [-0.39, 0.29) is 5.91 Å². The van der Waals surface area contributed by atoms with E-state index >= 15 is 0 Å². The van der Waals surface area contributed by atoms with Crippen LogP contribution in [0.3, 0.4) is 0 Å². The third kappa shape index (κ3) is 6.22. The van der Waals surface area contributed by atoms with E-state index in [2.05, 4.69) is 46.2 Å². The highest BCUT2D eigenvalue weighted by molar-refractivity contribution is 6.07. The summed E-state index contributed by atoms with van der Waals surface area (Å²) in [5.74, 6) is 1.12. The molecule has 0 N–H and O–H groups in total. The van der Waals surface area contributed by atoms with Crippen LogP contribution in [-0.4, -0.2) is 79.6 Å². The summed E-state index contributed by atoms with van der Waals surface area (Å²) in [6.45, 7) is 8.89. The Bertz CT molecular complexity index is 1090. The van der Waals surface area contributed by atoms with Gasteiger partial charge in [-0.1, -0.05) is 48.5 Å². The average Bonchev–Trinajstić information content (AvgIpc) is 3.44. The zero-order chi connectivity index (χ0) is 23.9. The van der Waals surface area contributed by atoms with Crippen molar-refractivity contribution >= 4 is 16.7 Å². The first-order chi connectivity index (χ1) is 17.3. The largest absolute Gasteiger partial charge is 0.494 e. The molecule has 35 heavy (non-hydrogen) atoms. The van der Waals surface area contributed by atoms with E-state index in [4.69, 9.17) is 4.74 Å². The Hall–Kier alpha value is -2.89. The van der Waals surface area contributed by atoms with E-state index < -0.39 is 0 Å². The summed E-state index contributed by atoms with van der Waals surface area (Å²) < 4.78 is 5.94. The number of benzene rings is 3. The molecule has 1 amide bonds. The van der Waals surface area contributed by atoms with Crippen molar-refractivity contribution in [3.05, 3.63) is 77.9 Å². The highest BCUT2D eigenvalue weighted by Gasteiger charge is 2.23. The van der Waals surface area contributed by atoms with Crippen LogP contribution in [-0.2, 0) is 6.42 Å². The molecule has 2 aliphatic heterocycles. The molecule has 0 spiro atoms. The first-order valence-corrected chi connectivity index (χ1v) is 13.2. The molecule has 2 heterocycles.